The van der Waals surface area contributed by atoms with E-state index in [4.69, 9.17) is 11.6 Å². The van der Waals surface area contributed by atoms with Gasteiger partial charge in [0.05, 0.1) is 11.9 Å². The molecule has 0 saturated heterocycles. The van der Waals surface area contributed by atoms with E-state index in [1.165, 1.54) is 4.31 Å². The number of carbonyl (C=O) groups is 2. The molecule has 9 heteroatoms. The van der Waals surface area contributed by atoms with Crippen LogP contribution in [0.4, 0.5) is 5.69 Å². The first kappa shape index (κ1) is 31.2. The second kappa shape index (κ2) is 14.3. The summed E-state index contributed by atoms with van der Waals surface area (Å²) in [5.41, 5.74) is 4.06. The van der Waals surface area contributed by atoms with Crippen LogP contribution in [0.3, 0.4) is 0 Å². The topological polar surface area (TPSA) is 86.8 Å². The molecule has 0 aliphatic rings. The van der Waals surface area contributed by atoms with Crippen LogP contribution in [0.1, 0.15) is 42.0 Å². The van der Waals surface area contributed by atoms with Crippen molar-refractivity contribution < 1.29 is 18.0 Å². The molecule has 1 N–H and O–H groups in total. The third-order valence-corrected chi connectivity index (χ3v) is 8.47. The van der Waals surface area contributed by atoms with Crippen LogP contribution in [0, 0.1) is 13.8 Å². The Morgan fingerprint density at radius 2 is 1.62 bits per heavy atom. The summed E-state index contributed by atoms with van der Waals surface area (Å²) in [5, 5.41) is 3.37. The molecule has 214 valence electrons. The molecule has 40 heavy (non-hydrogen) atoms. The van der Waals surface area contributed by atoms with Crippen molar-refractivity contribution in [1.29, 1.82) is 0 Å². The van der Waals surface area contributed by atoms with Gasteiger partial charge in [-0.3, -0.25) is 13.9 Å². The van der Waals surface area contributed by atoms with Crippen molar-refractivity contribution in [2.75, 3.05) is 23.7 Å². The lowest BCUT2D eigenvalue weighted by Gasteiger charge is -2.32. The summed E-state index contributed by atoms with van der Waals surface area (Å²) >= 11 is 6.26. The largest absolute Gasteiger partial charge is 0.355 e. The Bertz CT molecular complexity index is 1410. The average molecular weight is 584 g/mol. The van der Waals surface area contributed by atoms with Crippen molar-refractivity contribution >= 4 is 39.1 Å². The smallest absolute Gasteiger partial charge is 0.243 e. The van der Waals surface area contributed by atoms with Gasteiger partial charge in [-0.15, -0.1) is 0 Å². The predicted molar refractivity (Wildman–Crippen MR) is 162 cm³/mol. The standard InChI is InChI=1S/C31H38ClN3O4S/c1-5-33-31(37)29(21-25-14-7-6-8-15-25)34(22-26-16-10-9-13-23(26)2)30(36)19-12-20-35(40(4,38)39)28-18-11-17-27(32)24(28)3/h6-11,13-18,29H,5,12,19-22H2,1-4H3,(H,33,37). The molecule has 1 unspecified atom stereocenters. The Morgan fingerprint density at radius 1 is 0.950 bits per heavy atom. The number of sulfonamides is 1. The highest BCUT2D eigenvalue weighted by Gasteiger charge is 2.30. The van der Waals surface area contributed by atoms with E-state index in [2.05, 4.69) is 5.32 Å². The van der Waals surface area contributed by atoms with Gasteiger partial charge < -0.3 is 10.2 Å². The predicted octanol–water partition coefficient (Wildman–Crippen LogP) is 5.28. The number of halogens is 1. The molecule has 0 aliphatic heterocycles. The molecule has 0 bridgehead atoms. The number of amides is 2. The highest BCUT2D eigenvalue weighted by molar-refractivity contribution is 7.92. The van der Waals surface area contributed by atoms with Crippen molar-refractivity contribution in [2.45, 2.75) is 52.6 Å². The number of likely N-dealkylation sites (N-methyl/N-ethyl adjacent to an activating group) is 1. The molecule has 0 radical (unpaired) electrons. The number of anilines is 1. The van der Waals surface area contributed by atoms with Gasteiger partial charge in [0.1, 0.15) is 6.04 Å². The van der Waals surface area contributed by atoms with Crippen LogP contribution in [-0.2, 0) is 32.6 Å². The van der Waals surface area contributed by atoms with Crippen molar-refractivity contribution in [3.8, 4) is 0 Å². The summed E-state index contributed by atoms with van der Waals surface area (Å²) in [6.07, 6.45) is 1.85. The number of nitrogens with zero attached hydrogens (tertiary/aromatic N) is 2. The van der Waals surface area contributed by atoms with Gasteiger partial charge in [-0.2, -0.15) is 0 Å². The Labute approximate surface area is 243 Å². The molecule has 0 aliphatic carbocycles. The molecule has 0 spiro atoms. The third kappa shape index (κ3) is 8.32. The fraction of sp³-hybridized carbons (Fsp3) is 0.355. The van der Waals surface area contributed by atoms with Gasteiger partial charge in [-0.05, 0) is 61.6 Å². The van der Waals surface area contributed by atoms with Gasteiger partial charge in [0.25, 0.3) is 0 Å². The van der Waals surface area contributed by atoms with Crippen LogP contribution < -0.4 is 9.62 Å². The normalized spacial score (nSPS) is 12.0. The minimum Gasteiger partial charge on any atom is -0.355 e. The van der Waals surface area contributed by atoms with E-state index in [-0.39, 0.29) is 37.7 Å². The highest BCUT2D eigenvalue weighted by atomic mass is 35.5. The molecular formula is C31H38ClN3O4S. The second-order valence-corrected chi connectivity index (χ2v) is 12.2. The van der Waals surface area contributed by atoms with E-state index in [1.807, 2.05) is 68.4 Å². The number of aryl methyl sites for hydroxylation is 1. The summed E-state index contributed by atoms with van der Waals surface area (Å²) in [4.78, 5) is 28.8. The van der Waals surface area contributed by atoms with Crippen LogP contribution >= 0.6 is 11.6 Å². The minimum atomic E-state index is -3.62. The Balaban J connectivity index is 1.89. The molecular weight excluding hydrogens is 546 g/mol. The van der Waals surface area contributed by atoms with Crippen molar-refractivity contribution in [3.05, 3.63) is 100 Å². The molecule has 0 aromatic heterocycles. The number of benzene rings is 3. The lowest BCUT2D eigenvalue weighted by atomic mass is 10.0. The summed E-state index contributed by atoms with van der Waals surface area (Å²) in [6.45, 7) is 6.41. The molecule has 3 aromatic rings. The van der Waals surface area contributed by atoms with Crippen LogP contribution in [-0.4, -0.2) is 50.5 Å². The van der Waals surface area contributed by atoms with Crippen molar-refractivity contribution in [3.63, 3.8) is 0 Å². The molecule has 7 nitrogen and oxygen atoms in total. The van der Waals surface area contributed by atoms with E-state index >= 15 is 0 Å². The number of rotatable bonds is 13. The first-order chi connectivity index (χ1) is 19.0. The fourth-order valence-corrected chi connectivity index (χ4v) is 5.85. The highest BCUT2D eigenvalue weighted by Crippen LogP contribution is 2.28. The van der Waals surface area contributed by atoms with Crippen LogP contribution in [0.15, 0.2) is 72.8 Å². The Morgan fingerprint density at radius 3 is 2.27 bits per heavy atom. The molecule has 0 saturated carbocycles. The van der Waals surface area contributed by atoms with E-state index in [0.29, 0.717) is 29.2 Å². The van der Waals surface area contributed by atoms with E-state index < -0.39 is 16.1 Å². The van der Waals surface area contributed by atoms with Crippen molar-refractivity contribution in [2.24, 2.45) is 0 Å². The second-order valence-electron chi connectivity index (χ2n) is 9.87. The Kier molecular flexibility index (Phi) is 11.2. The number of nitrogens with one attached hydrogen (secondary N) is 1. The maximum Gasteiger partial charge on any atom is 0.243 e. The molecule has 0 fully saturated rings. The van der Waals surface area contributed by atoms with Gasteiger partial charge in [-0.1, -0.05) is 72.3 Å². The molecule has 2 amide bonds. The van der Waals surface area contributed by atoms with E-state index in [0.717, 1.165) is 22.9 Å². The van der Waals surface area contributed by atoms with Gasteiger partial charge in [0.15, 0.2) is 0 Å². The zero-order valence-electron chi connectivity index (χ0n) is 23.6. The summed E-state index contributed by atoms with van der Waals surface area (Å²) in [6, 6.07) is 21.8. The molecule has 3 aromatic carbocycles. The van der Waals surface area contributed by atoms with Crippen LogP contribution in [0.5, 0.6) is 0 Å². The monoisotopic (exact) mass is 583 g/mol. The SMILES string of the molecule is CCNC(=O)C(Cc1ccccc1)N(Cc1ccccc1C)C(=O)CCCN(c1cccc(Cl)c1C)S(C)(=O)=O. The van der Waals surface area contributed by atoms with Gasteiger partial charge in [-0.25, -0.2) is 8.42 Å². The molecule has 0 heterocycles. The first-order valence-corrected chi connectivity index (χ1v) is 15.6. The van der Waals surface area contributed by atoms with Crippen LogP contribution in [0.2, 0.25) is 5.02 Å². The minimum absolute atomic E-state index is 0.0716. The molecule has 1 atom stereocenters. The zero-order chi connectivity index (χ0) is 29.3. The maximum absolute atomic E-state index is 13.8. The van der Waals surface area contributed by atoms with Crippen LogP contribution in [0.25, 0.3) is 0 Å². The number of carbonyl (C=O) groups excluding carboxylic acids is 2. The maximum atomic E-state index is 13.8. The summed E-state index contributed by atoms with van der Waals surface area (Å²) in [7, 11) is -3.62. The fourth-order valence-electron chi connectivity index (χ4n) is 4.67. The lowest BCUT2D eigenvalue weighted by molar-refractivity contribution is -0.141. The first-order valence-electron chi connectivity index (χ1n) is 13.4. The number of hydrogen-bond donors (Lipinski definition) is 1. The quantitative estimate of drug-likeness (QED) is 0.297. The average Bonchev–Trinajstić information content (AvgIpc) is 2.91. The third-order valence-electron chi connectivity index (χ3n) is 6.88. The summed E-state index contributed by atoms with van der Waals surface area (Å²) < 4.78 is 26.7. The molecule has 3 rings (SSSR count). The van der Waals surface area contributed by atoms with E-state index in [9.17, 15) is 18.0 Å². The lowest BCUT2D eigenvalue weighted by Crippen LogP contribution is -2.50. The number of hydrogen-bond acceptors (Lipinski definition) is 4. The van der Waals surface area contributed by atoms with Gasteiger partial charge in [0.2, 0.25) is 21.8 Å². The zero-order valence-corrected chi connectivity index (χ0v) is 25.1. The van der Waals surface area contributed by atoms with E-state index in [1.54, 1.807) is 30.0 Å². The van der Waals surface area contributed by atoms with Crippen molar-refractivity contribution in [1.82, 2.24) is 10.2 Å². The Hall–Kier alpha value is -3.36. The van der Waals surface area contributed by atoms with Gasteiger partial charge in [0, 0.05) is 37.5 Å². The summed E-state index contributed by atoms with van der Waals surface area (Å²) in [5.74, 6) is -0.438. The van der Waals surface area contributed by atoms with Gasteiger partial charge >= 0.3 is 0 Å².